The van der Waals surface area contributed by atoms with Crippen LogP contribution in [-0.2, 0) is 27.6 Å². The highest BCUT2D eigenvalue weighted by molar-refractivity contribution is 7.48. The van der Waals surface area contributed by atoms with Crippen molar-refractivity contribution in [1.82, 2.24) is 0 Å². The summed E-state index contributed by atoms with van der Waals surface area (Å²) in [7, 11) is -2.98. The maximum absolute atomic E-state index is 12.8. The van der Waals surface area contributed by atoms with Crippen LogP contribution in [0.25, 0.3) is 0 Å². The fourth-order valence-corrected chi connectivity index (χ4v) is 3.81. The van der Waals surface area contributed by atoms with Gasteiger partial charge in [0.25, 0.3) is 0 Å². The van der Waals surface area contributed by atoms with E-state index in [0.29, 0.717) is 0 Å². The first kappa shape index (κ1) is 22.9. The Balaban J connectivity index is 3.06. The minimum absolute atomic E-state index is 0.0373. The Morgan fingerprint density at radius 3 is 2.40 bits per heavy atom. The number of nitrogens with two attached hydrogens (primary N) is 1. The number of hydrogen-bond acceptors (Lipinski definition) is 11. The minimum atomic E-state index is -4.20. The number of phosphoric acid groups is 1. The van der Waals surface area contributed by atoms with E-state index in [-0.39, 0.29) is 13.2 Å². The van der Waals surface area contributed by atoms with Gasteiger partial charge in [0, 0.05) is 13.7 Å². The summed E-state index contributed by atoms with van der Waals surface area (Å²) in [5, 5.41) is 39.4. The summed E-state index contributed by atoms with van der Waals surface area (Å²) >= 11 is 0. The van der Waals surface area contributed by atoms with Crippen LogP contribution in [0.2, 0.25) is 0 Å². The van der Waals surface area contributed by atoms with Gasteiger partial charge in [0.2, 0.25) is 0 Å². The molecule has 0 spiro atoms. The number of hydrogen-bond donors (Lipinski definition) is 5. The summed E-state index contributed by atoms with van der Waals surface area (Å²) in [5.41, 5.74) is 5.32. The normalized spacial score (nSPS) is 34.0. The van der Waals surface area contributed by atoms with Crippen LogP contribution in [0.5, 0.6) is 0 Å². The molecule has 150 valence electrons. The molecule has 1 unspecified atom stereocenters. The van der Waals surface area contributed by atoms with Gasteiger partial charge in [0.15, 0.2) is 6.29 Å². The molecule has 1 heterocycles. The molecule has 1 aliphatic heterocycles. The third kappa shape index (κ3) is 6.19. The van der Waals surface area contributed by atoms with Crippen molar-refractivity contribution in [2.24, 2.45) is 5.73 Å². The lowest BCUT2D eigenvalue weighted by atomic mass is 9.95. The summed E-state index contributed by atoms with van der Waals surface area (Å²) in [6.45, 7) is 2.33. The van der Waals surface area contributed by atoms with Gasteiger partial charge in [0.1, 0.15) is 30.5 Å². The van der Waals surface area contributed by atoms with Crippen molar-refractivity contribution in [2.75, 3.05) is 26.9 Å². The Morgan fingerprint density at radius 2 is 1.92 bits per heavy atom. The van der Waals surface area contributed by atoms with Crippen LogP contribution in [0.1, 0.15) is 13.8 Å². The Labute approximate surface area is 146 Å². The Kier molecular flexibility index (Phi) is 9.37. The van der Waals surface area contributed by atoms with Crippen molar-refractivity contribution in [1.29, 1.82) is 0 Å². The molecule has 1 rings (SSSR count). The van der Waals surface area contributed by atoms with E-state index in [0.717, 1.165) is 0 Å². The van der Waals surface area contributed by atoms with Gasteiger partial charge >= 0.3 is 7.82 Å². The molecular weight excluding hydrogens is 361 g/mol. The molecule has 0 aromatic rings. The van der Waals surface area contributed by atoms with Gasteiger partial charge in [-0.25, -0.2) is 4.57 Å². The highest BCUT2D eigenvalue weighted by Gasteiger charge is 2.51. The molecular formula is C13H28NO10P. The lowest BCUT2D eigenvalue weighted by molar-refractivity contribution is -0.303. The van der Waals surface area contributed by atoms with Crippen LogP contribution in [0.3, 0.4) is 0 Å². The smallest absolute Gasteiger partial charge is 0.394 e. The Morgan fingerprint density at radius 1 is 1.28 bits per heavy atom. The zero-order chi connectivity index (χ0) is 19.2. The number of aliphatic hydroxyl groups is 4. The van der Waals surface area contributed by atoms with Gasteiger partial charge in [-0.05, 0) is 13.8 Å². The molecule has 7 atom stereocenters. The van der Waals surface area contributed by atoms with Crippen molar-refractivity contribution in [3.8, 4) is 0 Å². The molecule has 0 bridgehead atoms. The fourth-order valence-electron chi connectivity index (χ4n) is 2.25. The number of aliphatic hydroxyl groups excluding tert-OH is 4. The summed E-state index contributed by atoms with van der Waals surface area (Å²) in [4.78, 5) is 0. The summed E-state index contributed by atoms with van der Waals surface area (Å²) in [6.07, 6.45) is -9.44. The van der Waals surface area contributed by atoms with Crippen molar-refractivity contribution in [2.45, 2.75) is 56.8 Å². The van der Waals surface area contributed by atoms with Crippen LogP contribution in [0.4, 0.5) is 0 Å². The van der Waals surface area contributed by atoms with E-state index in [4.69, 9.17) is 28.8 Å². The van der Waals surface area contributed by atoms with Crippen LogP contribution < -0.4 is 5.73 Å². The van der Waals surface area contributed by atoms with Gasteiger partial charge in [-0.3, -0.25) is 13.6 Å². The molecule has 1 fully saturated rings. The molecule has 11 nitrogen and oxygen atoms in total. The SMILES string of the molecule is CO[C@@H]1O[C@H]([C@@H](O)CO)[C@@H](OP(=O)(OCCN)OC(C)C)[C@H](O)[C@@H]1O. The third-order valence-corrected chi connectivity index (χ3v) is 5.02. The third-order valence-electron chi connectivity index (χ3n) is 3.34. The van der Waals surface area contributed by atoms with E-state index in [2.05, 4.69) is 0 Å². The van der Waals surface area contributed by atoms with E-state index in [1.807, 2.05) is 0 Å². The molecule has 6 N–H and O–H groups in total. The zero-order valence-electron chi connectivity index (χ0n) is 14.4. The van der Waals surface area contributed by atoms with Crippen LogP contribution in [0, 0.1) is 0 Å². The van der Waals surface area contributed by atoms with E-state index in [1.54, 1.807) is 13.8 Å². The quantitative estimate of drug-likeness (QED) is 0.271. The van der Waals surface area contributed by atoms with Gasteiger partial charge in [-0.1, -0.05) is 0 Å². The standard InChI is InChI=1S/C13H28NO10P/c1-7(2)23-25(19,21-5-4-14)24-12-9(17)10(18)13(20-3)22-11(12)8(16)6-15/h7-13,15-18H,4-6,14H2,1-3H3/t8-,9+,10-,11+,12-,13+,25?/m0/s1. The average molecular weight is 389 g/mol. The maximum Gasteiger partial charge on any atom is 0.475 e. The second-order valence-corrected chi connectivity index (χ2v) is 7.30. The zero-order valence-corrected chi connectivity index (χ0v) is 15.3. The fraction of sp³-hybridized carbons (Fsp3) is 1.00. The lowest BCUT2D eigenvalue weighted by Crippen LogP contribution is -2.62. The van der Waals surface area contributed by atoms with Crippen LogP contribution in [-0.4, -0.2) is 90.2 Å². The summed E-state index contributed by atoms with van der Waals surface area (Å²) in [6, 6.07) is 0. The molecule has 12 heteroatoms. The molecule has 0 aromatic heterocycles. The summed E-state index contributed by atoms with van der Waals surface area (Å²) in [5.74, 6) is 0. The van der Waals surface area contributed by atoms with Crippen LogP contribution in [0.15, 0.2) is 0 Å². The van der Waals surface area contributed by atoms with Crippen LogP contribution >= 0.6 is 7.82 Å². The van der Waals surface area contributed by atoms with E-state index < -0.39 is 57.3 Å². The van der Waals surface area contributed by atoms with Gasteiger partial charge < -0.3 is 35.6 Å². The first-order valence-corrected chi connectivity index (χ1v) is 9.30. The number of ether oxygens (including phenoxy) is 2. The molecule has 0 aromatic carbocycles. The lowest BCUT2D eigenvalue weighted by Gasteiger charge is -2.43. The molecule has 0 saturated carbocycles. The Bertz CT molecular complexity index is 439. The predicted octanol–water partition coefficient (Wildman–Crippen LogP) is -1.67. The van der Waals surface area contributed by atoms with Gasteiger partial charge in [-0.2, -0.15) is 0 Å². The Hall–Kier alpha value is -0.170. The molecule has 1 aliphatic rings. The topological polar surface area (TPSA) is 170 Å². The largest absolute Gasteiger partial charge is 0.475 e. The first-order valence-electron chi connectivity index (χ1n) is 7.83. The second-order valence-electron chi connectivity index (χ2n) is 5.73. The summed E-state index contributed by atoms with van der Waals surface area (Å²) < 4.78 is 38.5. The second kappa shape index (κ2) is 10.2. The van der Waals surface area contributed by atoms with E-state index >= 15 is 0 Å². The van der Waals surface area contributed by atoms with Gasteiger partial charge in [0.05, 0.1) is 19.3 Å². The molecule has 1 saturated heterocycles. The monoisotopic (exact) mass is 389 g/mol. The highest BCUT2D eigenvalue weighted by Crippen LogP contribution is 2.53. The maximum atomic E-state index is 12.8. The molecule has 25 heavy (non-hydrogen) atoms. The number of methoxy groups -OCH3 is 1. The molecule has 0 aliphatic carbocycles. The highest BCUT2D eigenvalue weighted by atomic mass is 31.2. The molecule has 0 radical (unpaired) electrons. The van der Waals surface area contributed by atoms with Gasteiger partial charge in [-0.15, -0.1) is 0 Å². The number of rotatable bonds is 10. The number of phosphoric ester groups is 1. The van der Waals surface area contributed by atoms with Crippen molar-refractivity contribution in [3.05, 3.63) is 0 Å². The van der Waals surface area contributed by atoms with Crippen molar-refractivity contribution < 1.29 is 48.0 Å². The van der Waals surface area contributed by atoms with Crippen molar-refractivity contribution >= 4 is 7.82 Å². The molecule has 0 amide bonds. The van der Waals surface area contributed by atoms with E-state index in [9.17, 15) is 25.0 Å². The average Bonchev–Trinajstić information content (AvgIpc) is 2.56. The van der Waals surface area contributed by atoms with E-state index in [1.165, 1.54) is 7.11 Å². The minimum Gasteiger partial charge on any atom is -0.394 e. The van der Waals surface area contributed by atoms with Crippen molar-refractivity contribution in [3.63, 3.8) is 0 Å². The predicted molar refractivity (Wildman–Crippen MR) is 84.5 cm³/mol. The first-order chi connectivity index (χ1) is 11.7.